The number of carbonyl (C=O) groups is 1. The Labute approximate surface area is 157 Å². The number of carbonyl (C=O) groups excluding carboxylic acids is 1. The van der Waals surface area contributed by atoms with Crippen LogP contribution >= 0.6 is 27.5 Å². The molecular formula is C17H12BrClN4O2. The van der Waals surface area contributed by atoms with Crippen molar-refractivity contribution >= 4 is 44.6 Å². The van der Waals surface area contributed by atoms with Gasteiger partial charge in [0, 0.05) is 23.5 Å². The Hall–Kier alpha value is -2.56. The molecule has 0 N–H and O–H groups in total. The van der Waals surface area contributed by atoms with Gasteiger partial charge in [0.15, 0.2) is 0 Å². The average Bonchev–Trinajstić information content (AvgIpc) is 3.00. The summed E-state index contributed by atoms with van der Waals surface area (Å²) in [7, 11) is 1.49. The summed E-state index contributed by atoms with van der Waals surface area (Å²) in [6, 6.07) is 10.3. The van der Waals surface area contributed by atoms with Crippen LogP contribution < -0.4 is 9.64 Å². The van der Waals surface area contributed by atoms with E-state index in [9.17, 15) is 4.79 Å². The van der Waals surface area contributed by atoms with Gasteiger partial charge in [0.2, 0.25) is 0 Å². The normalized spacial score (nSPS) is 10.5. The lowest BCUT2D eigenvalue weighted by molar-refractivity contribution is 0.0990. The smallest absolute Gasteiger partial charge is 0.259 e. The van der Waals surface area contributed by atoms with E-state index in [4.69, 9.17) is 21.6 Å². The molecule has 0 saturated carbocycles. The molecule has 0 spiro atoms. The van der Waals surface area contributed by atoms with Crippen molar-refractivity contribution < 1.29 is 9.53 Å². The van der Waals surface area contributed by atoms with Gasteiger partial charge in [-0.05, 0) is 40.2 Å². The van der Waals surface area contributed by atoms with Crippen molar-refractivity contribution in [2.45, 2.75) is 0 Å². The van der Waals surface area contributed by atoms with E-state index >= 15 is 0 Å². The molecule has 0 aliphatic heterocycles. The highest BCUT2D eigenvalue weighted by Gasteiger charge is 2.20. The topological polar surface area (TPSA) is 70.6 Å². The molecule has 126 valence electrons. The van der Waals surface area contributed by atoms with Gasteiger partial charge in [-0.15, -0.1) is 0 Å². The van der Waals surface area contributed by atoms with E-state index in [1.807, 2.05) is 6.07 Å². The number of halogens is 2. The molecule has 0 radical (unpaired) electrons. The fourth-order valence-corrected chi connectivity index (χ4v) is 2.99. The molecular weight excluding hydrogens is 408 g/mol. The van der Waals surface area contributed by atoms with Crippen molar-refractivity contribution in [2.24, 2.45) is 0 Å². The number of fused-ring (bicyclic) bond motifs is 1. The zero-order chi connectivity index (χ0) is 18.0. The molecule has 8 heteroatoms. The van der Waals surface area contributed by atoms with E-state index in [0.717, 1.165) is 9.99 Å². The molecule has 2 heterocycles. The second-order valence-corrected chi connectivity index (χ2v) is 6.37. The quantitative estimate of drug-likeness (QED) is 0.601. The number of nitrogens with zero attached hydrogens (tertiary/aromatic N) is 4. The maximum Gasteiger partial charge on any atom is 0.259 e. The Balaban J connectivity index is 2.03. The third kappa shape index (κ3) is 3.31. The highest BCUT2D eigenvalue weighted by atomic mass is 79.9. The number of nitriles is 1. The summed E-state index contributed by atoms with van der Waals surface area (Å²) in [4.78, 5) is 14.3. The lowest BCUT2D eigenvalue weighted by Gasteiger charge is -2.21. The summed E-state index contributed by atoms with van der Waals surface area (Å²) in [6.45, 7) is -0.102. The number of aromatic nitrogens is 2. The maximum absolute atomic E-state index is 13.0. The second kappa shape index (κ2) is 7.13. The first-order valence-corrected chi connectivity index (χ1v) is 8.37. The molecule has 2 aromatic heterocycles. The first-order chi connectivity index (χ1) is 12.0. The molecule has 6 nitrogen and oxygen atoms in total. The SMILES string of the molecule is COc1cc(N(CC#N)C(=O)c2ccn3ncc(Br)c3c2)ccc1Cl. The van der Waals surface area contributed by atoms with E-state index < -0.39 is 0 Å². The highest BCUT2D eigenvalue weighted by molar-refractivity contribution is 9.10. The van der Waals surface area contributed by atoms with E-state index in [-0.39, 0.29) is 12.5 Å². The van der Waals surface area contributed by atoms with Crippen LogP contribution in [0.25, 0.3) is 5.52 Å². The third-order valence-corrected chi connectivity index (χ3v) is 4.57. The van der Waals surface area contributed by atoms with Gasteiger partial charge in [0.1, 0.15) is 12.3 Å². The van der Waals surface area contributed by atoms with Gasteiger partial charge in [-0.3, -0.25) is 9.69 Å². The summed E-state index contributed by atoms with van der Waals surface area (Å²) in [5.41, 5.74) is 1.73. The zero-order valence-electron chi connectivity index (χ0n) is 13.1. The van der Waals surface area contributed by atoms with Crippen LogP contribution in [0.2, 0.25) is 5.02 Å². The minimum absolute atomic E-state index is 0.102. The standard InChI is InChI=1S/C17H12BrClN4O2/c1-25-16-9-12(2-3-14(16)19)22(7-5-20)17(24)11-4-6-23-15(8-11)13(18)10-21-23/h2-4,6,8-10H,7H2,1H3. The van der Waals surface area contributed by atoms with Gasteiger partial charge in [-0.1, -0.05) is 11.6 Å². The minimum atomic E-state index is -0.304. The number of ether oxygens (including phenoxy) is 1. The summed E-state index contributed by atoms with van der Waals surface area (Å²) >= 11 is 9.43. The number of rotatable bonds is 4. The number of pyridine rings is 1. The van der Waals surface area contributed by atoms with E-state index in [0.29, 0.717) is 22.0 Å². The molecule has 0 saturated heterocycles. The van der Waals surface area contributed by atoms with Crippen LogP contribution in [-0.4, -0.2) is 29.2 Å². The fourth-order valence-electron chi connectivity index (χ4n) is 2.41. The molecule has 3 aromatic rings. The van der Waals surface area contributed by atoms with Gasteiger partial charge >= 0.3 is 0 Å². The number of hydrogen-bond acceptors (Lipinski definition) is 4. The zero-order valence-corrected chi connectivity index (χ0v) is 15.5. The molecule has 0 fully saturated rings. The van der Waals surface area contributed by atoms with Crippen molar-refractivity contribution in [3.63, 3.8) is 0 Å². The average molecular weight is 420 g/mol. The van der Waals surface area contributed by atoms with Crippen LogP contribution in [0.1, 0.15) is 10.4 Å². The molecule has 0 bridgehead atoms. The van der Waals surface area contributed by atoms with Crippen LogP contribution in [-0.2, 0) is 0 Å². The maximum atomic E-state index is 13.0. The summed E-state index contributed by atoms with van der Waals surface area (Å²) in [5, 5.41) is 13.7. The van der Waals surface area contributed by atoms with Crippen molar-refractivity contribution in [3.8, 4) is 11.8 Å². The number of methoxy groups -OCH3 is 1. The van der Waals surface area contributed by atoms with Crippen LogP contribution in [0, 0.1) is 11.3 Å². The number of anilines is 1. The van der Waals surface area contributed by atoms with Gasteiger partial charge in [0.05, 0.1) is 34.4 Å². The lowest BCUT2D eigenvalue weighted by Crippen LogP contribution is -2.31. The number of amides is 1. The van der Waals surface area contributed by atoms with Crippen molar-refractivity contribution in [1.29, 1.82) is 5.26 Å². The van der Waals surface area contributed by atoms with Crippen molar-refractivity contribution in [2.75, 3.05) is 18.6 Å². The van der Waals surface area contributed by atoms with Crippen molar-refractivity contribution in [3.05, 3.63) is 57.8 Å². The number of benzene rings is 1. The predicted octanol–water partition coefficient (Wildman–Crippen LogP) is 3.93. The fraction of sp³-hybridized carbons (Fsp3) is 0.118. The van der Waals surface area contributed by atoms with E-state index in [1.54, 1.807) is 47.2 Å². The molecule has 0 aliphatic rings. The molecule has 0 unspecified atom stereocenters. The lowest BCUT2D eigenvalue weighted by atomic mass is 10.2. The van der Waals surface area contributed by atoms with Crippen molar-refractivity contribution in [1.82, 2.24) is 9.61 Å². The molecule has 3 rings (SSSR count). The first kappa shape index (κ1) is 17.3. The van der Waals surface area contributed by atoms with Gasteiger partial charge in [-0.25, -0.2) is 4.52 Å². The Morgan fingerprint density at radius 3 is 2.96 bits per heavy atom. The van der Waals surface area contributed by atoms with Gasteiger partial charge in [0.25, 0.3) is 5.91 Å². The van der Waals surface area contributed by atoms with Crippen LogP contribution in [0.5, 0.6) is 5.75 Å². The number of hydrogen-bond donors (Lipinski definition) is 0. The highest BCUT2D eigenvalue weighted by Crippen LogP contribution is 2.30. The predicted molar refractivity (Wildman–Crippen MR) is 98.2 cm³/mol. The third-order valence-electron chi connectivity index (χ3n) is 3.64. The Bertz CT molecular complexity index is 996. The van der Waals surface area contributed by atoms with E-state index in [1.165, 1.54) is 12.0 Å². The molecule has 1 aromatic carbocycles. The summed E-state index contributed by atoms with van der Waals surface area (Å²) in [6.07, 6.45) is 3.35. The Morgan fingerprint density at radius 2 is 2.24 bits per heavy atom. The summed E-state index contributed by atoms with van der Waals surface area (Å²) in [5.74, 6) is 0.130. The van der Waals surface area contributed by atoms with Crippen LogP contribution in [0.3, 0.4) is 0 Å². The molecule has 0 aliphatic carbocycles. The second-order valence-electron chi connectivity index (χ2n) is 5.11. The van der Waals surface area contributed by atoms with Crippen LogP contribution in [0.15, 0.2) is 47.2 Å². The van der Waals surface area contributed by atoms with Gasteiger partial charge in [-0.2, -0.15) is 10.4 Å². The van der Waals surface area contributed by atoms with Gasteiger partial charge < -0.3 is 4.74 Å². The Morgan fingerprint density at radius 1 is 1.44 bits per heavy atom. The van der Waals surface area contributed by atoms with E-state index in [2.05, 4.69) is 21.0 Å². The largest absolute Gasteiger partial charge is 0.495 e. The van der Waals surface area contributed by atoms with Crippen LogP contribution in [0.4, 0.5) is 5.69 Å². The molecule has 0 atom stereocenters. The monoisotopic (exact) mass is 418 g/mol. The first-order valence-electron chi connectivity index (χ1n) is 7.20. The Kier molecular flexibility index (Phi) is 4.93. The minimum Gasteiger partial charge on any atom is -0.495 e. The molecule has 25 heavy (non-hydrogen) atoms. The molecule has 1 amide bonds. The summed E-state index contributed by atoms with van der Waals surface area (Å²) < 4.78 is 7.63.